The Hall–Kier alpha value is -0.540. The van der Waals surface area contributed by atoms with Crippen LogP contribution in [0.25, 0.3) is 0 Å². The number of aryl methyl sites for hydroxylation is 1. The van der Waals surface area contributed by atoms with Gasteiger partial charge in [0, 0.05) is 6.20 Å². The number of aliphatic hydroxyl groups is 1. The average molecular weight is 197 g/mol. The Kier molecular flexibility index (Phi) is 3.75. The molecule has 0 aromatic carbocycles. The predicted molar refractivity (Wildman–Crippen MR) is 56.0 cm³/mol. The second kappa shape index (κ2) is 4.63. The highest BCUT2D eigenvalue weighted by atomic mass is 32.2. The van der Waals surface area contributed by atoms with Gasteiger partial charge in [-0.1, -0.05) is 6.92 Å². The summed E-state index contributed by atoms with van der Waals surface area (Å²) in [5.74, 6) is 0. The number of pyridine rings is 1. The lowest BCUT2D eigenvalue weighted by Gasteiger charge is -2.09. The van der Waals surface area contributed by atoms with E-state index in [1.54, 1.807) is 18.0 Å². The van der Waals surface area contributed by atoms with E-state index >= 15 is 0 Å². The van der Waals surface area contributed by atoms with E-state index in [-0.39, 0.29) is 6.10 Å². The molecule has 0 spiro atoms. The first-order valence-electron chi connectivity index (χ1n) is 4.37. The fourth-order valence-corrected chi connectivity index (χ4v) is 1.75. The van der Waals surface area contributed by atoms with Gasteiger partial charge in [0.25, 0.3) is 0 Å². The lowest BCUT2D eigenvalue weighted by molar-refractivity contribution is 0.173. The smallest absolute Gasteiger partial charge is 0.0986 e. The van der Waals surface area contributed by atoms with Crippen LogP contribution in [0.3, 0.4) is 0 Å². The Balaban J connectivity index is 2.95. The summed E-state index contributed by atoms with van der Waals surface area (Å²) >= 11 is 1.63. The molecule has 1 aromatic rings. The molecule has 3 heteroatoms. The number of aromatic nitrogens is 1. The van der Waals surface area contributed by atoms with Gasteiger partial charge in [0.2, 0.25) is 0 Å². The molecule has 72 valence electrons. The van der Waals surface area contributed by atoms with Crippen molar-refractivity contribution in [2.24, 2.45) is 0 Å². The van der Waals surface area contributed by atoms with Crippen molar-refractivity contribution < 1.29 is 5.11 Å². The van der Waals surface area contributed by atoms with Gasteiger partial charge in [-0.15, -0.1) is 11.8 Å². The van der Waals surface area contributed by atoms with Crippen LogP contribution in [0.2, 0.25) is 0 Å². The predicted octanol–water partition coefficient (Wildman–Crippen LogP) is 2.56. The van der Waals surface area contributed by atoms with Gasteiger partial charge in [-0.25, -0.2) is 4.98 Å². The number of rotatable bonds is 3. The molecule has 0 fully saturated rings. The molecule has 2 nitrogen and oxygen atoms in total. The zero-order valence-corrected chi connectivity index (χ0v) is 9.06. The second-order valence-corrected chi connectivity index (χ2v) is 3.81. The molecule has 1 heterocycles. The topological polar surface area (TPSA) is 33.1 Å². The van der Waals surface area contributed by atoms with Crippen molar-refractivity contribution >= 4 is 11.8 Å². The first-order valence-corrected chi connectivity index (χ1v) is 5.60. The Morgan fingerprint density at radius 3 is 2.77 bits per heavy atom. The molecule has 0 amide bonds. The van der Waals surface area contributed by atoms with E-state index < -0.39 is 0 Å². The van der Waals surface area contributed by atoms with E-state index in [2.05, 4.69) is 4.98 Å². The maximum absolute atomic E-state index is 9.57. The van der Waals surface area contributed by atoms with E-state index in [1.165, 1.54) is 0 Å². The van der Waals surface area contributed by atoms with Crippen LogP contribution in [0, 0.1) is 6.92 Å². The quantitative estimate of drug-likeness (QED) is 0.756. The van der Waals surface area contributed by atoms with Crippen molar-refractivity contribution in [3.8, 4) is 0 Å². The Bertz CT molecular complexity index is 288. The van der Waals surface area contributed by atoms with Crippen LogP contribution >= 0.6 is 11.8 Å². The van der Waals surface area contributed by atoms with Crippen LogP contribution in [-0.4, -0.2) is 16.3 Å². The summed E-state index contributed by atoms with van der Waals surface area (Å²) < 4.78 is 0. The molecule has 0 saturated carbocycles. The van der Waals surface area contributed by atoms with Gasteiger partial charge in [-0.2, -0.15) is 0 Å². The normalized spacial score (nSPS) is 12.9. The molecule has 0 aliphatic carbocycles. The minimum Gasteiger partial charge on any atom is -0.388 e. The maximum Gasteiger partial charge on any atom is 0.0986 e. The molecule has 1 aromatic heterocycles. The number of thioether (sulfide) groups is 1. The number of hydrogen-bond acceptors (Lipinski definition) is 3. The summed E-state index contributed by atoms with van der Waals surface area (Å²) in [6, 6.07) is 2.01. The van der Waals surface area contributed by atoms with Gasteiger partial charge in [0.1, 0.15) is 0 Å². The number of aliphatic hydroxyl groups excluding tert-OH is 1. The molecule has 13 heavy (non-hydrogen) atoms. The fourth-order valence-electron chi connectivity index (χ4n) is 1.22. The van der Waals surface area contributed by atoms with Crippen LogP contribution in [0.4, 0.5) is 0 Å². The van der Waals surface area contributed by atoms with Crippen molar-refractivity contribution in [1.82, 2.24) is 4.98 Å². The minimum atomic E-state index is -0.373. The van der Waals surface area contributed by atoms with Crippen molar-refractivity contribution in [3.63, 3.8) is 0 Å². The van der Waals surface area contributed by atoms with Crippen LogP contribution < -0.4 is 0 Å². The van der Waals surface area contributed by atoms with E-state index in [4.69, 9.17) is 0 Å². The number of nitrogens with zero attached hydrogens (tertiary/aromatic N) is 1. The third kappa shape index (κ3) is 2.45. The summed E-state index contributed by atoms with van der Waals surface area (Å²) in [6.07, 6.45) is 4.12. The highest BCUT2D eigenvalue weighted by Crippen LogP contribution is 2.22. The Morgan fingerprint density at radius 2 is 2.31 bits per heavy atom. The van der Waals surface area contributed by atoms with E-state index in [0.29, 0.717) is 0 Å². The molecule has 0 aliphatic rings. The zero-order valence-electron chi connectivity index (χ0n) is 8.24. The van der Waals surface area contributed by atoms with Crippen LogP contribution in [0.5, 0.6) is 0 Å². The Labute approximate surface area is 83.4 Å². The Morgan fingerprint density at radius 1 is 1.62 bits per heavy atom. The molecule has 0 radical (unpaired) electrons. The van der Waals surface area contributed by atoms with Gasteiger partial charge in [0.05, 0.1) is 11.1 Å². The van der Waals surface area contributed by atoms with Gasteiger partial charge in [-0.3, -0.25) is 0 Å². The highest BCUT2D eigenvalue weighted by molar-refractivity contribution is 7.98. The first-order chi connectivity index (χ1) is 6.19. The van der Waals surface area contributed by atoms with Crippen LogP contribution in [0.15, 0.2) is 17.3 Å². The molecule has 0 saturated heterocycles. The third-order valence-corrected chi connectivity index (χ3v) is 2.83. The molecular weight excluding hydrogens is 182 g/mol. The van der Waals surface area contributed by atoms with Crippen molar-refractivity contribution in [2.45, 2.75) is 31.4 Å². The van der Waals surface area contributed by atoms with Gasteiger partial charge >= 0.3 is 0 Å². The maximum atomic E-state index is 9.57. The zero-order chi connectivity index (χ0) is 9.84. The lowest BCUT2D eigenvalue weighted by Crippen LogP contribution is -1.97. The summed E-state index contributed by atoms with van der Waals surface area (Å²) in [5, 5.41) is 10.6. The van der Waals surface area contributed by atoms with Crippen molar-refractivity contribution in [2.75, 3.05) is 6.26 Å². The summed E-state index contributed by atoms with van der Waals surface area (Å²) in [7, 11) is 0. The largest absolute Gasteiger partial charge is 0.388 e. The molecule has 0 bridgehead atoms. The van der Waals surface area contributed by atoms with Crippen LogP contribution in [-0.2, 0) is 0 Å². The summed E-state index contributed by atoms with van der Waals surface area (Å²) in [4.78, 5) is 4.27. The van der Waals surface area contributed by atoms with Crippen molar-refractivity contribution in [3.05, 3.63) is 23.4 Å². The van der Waals surface area contributed by atoms with Gasteiger partial charge < -0.3 is 5.11 Å². The van der Waals surface area contributed by atoms with E-state index in [1.807, 2.05) is 26.2 Å². The molecular formula is C10H15NOS. The van der Waals surface area contributed by atoms with Gasteiger partial charge in [-0.05, 0) is 36.8 Å². The molecule has 0 aliphatic heterocycles. The third-order valence-electron chi connectivity index (χ3n) is 2.02. The van der Waals surface area contributed by atoms with E-state index in [0.717, 1.165) is 22.6 Å². The van der Waals surface area contributed by atoms with Crippen LogP contribution in [0.1, 0.15) is 30.6 Å². The molecule has 0 unspecified atom stereocenters. The summed E-state index contributed by atoms with van der Waals surface area (Å²) in [6.45, 7) is 3.98. The summed E-state index contributed by atoms with van der Waals surface area (Å²) in [5.41, 5.74) is 2.05. The molecule has 1 rings (SSSR count). The number of hydrogen-bond donors (Lipinski definition) is 1. The first kappa shape index (κ1) is 10.5. The highest BCUT2D eigenvalue weighted by Gasteiger charge is 2.07. The molecule has 1 N–H and O–H groups in total. The van der Waals surface area contributed by atoms with Gasteiger partial charge in [0.15, 0.2) is 0 Å². The second-order valence-electron chi connectivity index (χ2n) is 3.02. The standard InChI is InChI=1S/C10H15NOS/c1-4-9(12)8-5-7(2)10(13-3)11-6-8/h5-6,9,12H,4H2,1-3H3/t9-/m0/s1. The van der Waals surface area contributed by atoms with Crippen molar-refractivity contribution in [1.29, 1.82) is 0 Å². The SMILES string of the molecule is CC[C@H](O)c1cnc(SC)c(C)c1. The minimum absolute atomic E-state index is 0.373. The average Bonchev–Trinajstić information content (AvgIpc) is 2.16. The molecule has 1 atom stereocenters. The monoisotopic (exact) mass is 197 g/mol. The van der Waals surface area contributed by atoms with E-state index in [9.17, 15) is 5.11 Å². The fraction of sp³-hybridized carbons (Fsp3) is 0.500. The lowest BCUT2D eigenvalue weighted by atomic mass is 10.1.